The van der Waals surface area contributed by atoms with Crippen LogP contribution < -0.4 is 5.73 Å². The predicted molar refractivity (Wildman–Crippen MR) is 107 cm³/mol. The van der Waals surface area contributed by atoms with Gasteiger partial charge in [-0.25, -0.2) is 4.39 Å². The van der Waals surface area contributed by atoms with Crippen LogP contribution in [0.5, 0.6) is 0 Å². The van der Waals surface area contributed by atoms with Crippen LogP contribution in [0, 0.1) is 11.7 Å². The molecule has 4 nitrogen and oxygen atoms in total. The van der Waals surface area contributed by atoms with Crippen molar-refractivity contribution < 1.29 is 9.18 Å². The molecular formula is C19H30Cl2FN3O. The molecule has 2 aliphatic rings. The van der Waals surface area contributed by atoms with E-state index in [-0.39, 0.29) is 48.5 Å². The molecule has 2 aliphatic heterocycles. The van der Waals surface area contributed by atoms with Gasteiger partial charge in [0.2, 0.25) is 5.91 Å². The van der Waals surface area contributed by atoms with E-state index in [4.69, 9.17) is 5.73 Å². The normalized spacial score (nSPS) is 23.7. The number of likely N-dealkylation sites (tertiary alicyclic amines) is 2. The Hall–Kier alpha value is -0.880. The van der Waals surface area contributed by atoms with Gasteiger partial charge in [-0.1, -0.05) is 12.1 Å². The second-order valence-corrected chi connectivity index (χ2v) is 7.12. The highest BCUT2D eigenvalue weighted by molar-refractivity contribution is 5.85. The Balaban J connectivity index is 0.00000169. The van der Waals surface area contributed by atoms with Crippen LogP contribution in [0.3, 0.4) is 0 Å². The van der Waals surface area contributed by atoms with Crippen molar-refractivity contribution in [2.45, 2.75) is 44.7 Å². The van der Waals surface area contributed by atoms with E-state index in [1.807, 2.05) is 11.0 Å². The number of rotatable bonds is 4. The van der Waals surface area contributed by atoms with Crippen LogP contribution in [0.4, 0.5) is 4.39 Å². The van der Waals surface area contributed by atoms with Crippen LogP contribution in [0.15, 0.2) is 24.3 Å². The summed E-state index contributed by atoms with van der Waals surface area (Å²) in [4.78, 5) is 17.3. The van der Waals surface area contributed by atoms with Crippen molar-refractivity contribution in [3.05, 3.63) is 35.6 Å². The Bertz CT molecular complexity index is 575. The van der Waals surface area contributed by atoms with Gasteiger partial charge < -0.3 is 10.6 Å². The van der Waals surface area contributed by atoms with Crippen molar-refractivity contribution in [3.8, 4) is 0 Å². The van der Waals surface area contributed by atoms with Crippen LogP contribution in [0.25, 0.3) is 0 Å². The van der Waals surface area contributed by atoms with Gasteiger partial charge in [0.15, 0.2) is 0 Å². The van der Waals surface area contributed by atoms with Crippen LogP contribution in [-0.2, 0) is 11.3 Å². The minimum atomic E-state index is -0.198. The molecule has 0 radical (unpaired) electrons. The molecule has 7 heteroatoms. The number of carbonyl (C=O) groups is 1. The third-order valence-corrected chi connectivity index (χ3v) is 5.33. The molecule has 2 atom stereocenters. The molecule has 1 aromatic rings. The Morgan fingerprint density at radius 1 is 1.15 bits per heavy atom. The minimum Gasteiger partial charge on any atom is -0.338 e. The molecule has 0 spiro atoms. The van der Waals surface area contributed by atoms with Gasteiger partial charge in [0.05, 0.1) is 5.92 Å². The SMILES string of the molecule is Cl.Cl.NCC1CCCCN1C(=O)C1CCCN(Cc2cccc(F)c2)C1. The fourth-order valence-corrected chi connectivity index (χ4v) is 4.06. The average molecular weight is 406 g/mol. The summed E-state index contributed by atoms with van der Waals surface area (Å²) in [6, 6.07) is 6.96. The first-order valence-electron chi connectivity index (χ1n) is 9.14. The van der Waals surface area contributed by atoms with Crippen molar-refractivity contribution >= 4 is 30.7 Å². The summed E-state index contributed by atoms with van der Waals surface area (Å²) in [5.74, 6) is 0.129. The zero-order valence-corrected chi connectivity index (χ0v) is 16.7. The standard InChI is InChI=1S/C19H28FN3O.2ClH/c20-17-7-3-5-15(11-17)13-22-9-4-6-16(14-22)19(24)23-10-2-1-8-18(23)12-21;;/h3,5,7,11,16,18H,1-2,4,6,8-10,12-14,21H2;2*1H. The first kappa shape index (κ1) is 23.2. The number of hydrogen-bond donors (Lipinski definition) is 1. The largest absolute Gasteiger partial charge is 0.338 e. The van der Waals surface area contributed by atoms with E-state index in [0.29, 0.717) is 13.1 Å². The third kappa shape index (κ3) is 5.81. The lowest BCUT2D eigenvalue weighted by molar-refractivity contribution is -0.141. The number of nitrogens with zero attached hydrogens (tertiary/aromatic N) is 2. The van der Waals surface area contributed by atoms with Crippen molar-refractivity contribution in [2.75, 3.05) is 26.2 Å². The number of nitrogens with two attached hydrogens (primary N) is 1. The number of halogens is 3. The molecule has 1 aromatic carbocycles. The van der Waals surface area contributed by atoms with Gasteiger partial charge in [-0.2, -0.15) is 0 Å². The van der Waals surface area contributed by atoms with Crippen molar-refractivity contribution in [1.29, 1.82) is 0 Å². The second-order valence-electron chi connectivity index (χ2n) is 7.12. The molecular weight excluding hydrogens is 376 g/mol. The summed E-state index contributed by atoms with van der Waals surface area (Å²) in [7, 11) is 0. The zero-order chi connectivity index (χ0) is 16.9. The molecule has 1 amide bonds. The number of carbonyl (C=O) groups excluding carboxylic acids is 1. The number of benzene rings is 1. The highest BCUT2D eigenvalue weighted by Crippen LogP contribution is 2.24. The summed E-state index contributed by atoms with van der Waals surface area (Å²) in [6.45, 7) is 3.86. The molecule has 2 unspecified atom stereocenters. The van der Waals surface area contributed by atoms with E-state index in [1.54, 1.807) is 12.1 Å². The quantitative estimate of drug-likeness (QED) is 0.836. The van der Waals surface area contributed by atoms with Gasteiger partial charge in [0.1, 0.15) is 5.82 Å². The van der Waals surface area contributed by atoms with Crippen LogP contribution in [-0.4, -0.2) is 47.9 Å². The Morgan fingerprint density at radius 3 is 2.69 bits per heavy atom. The van der Waals surface area contributed by atoms with E-state index < -0.39 is 0 Å². The van der Waals surface area contributed by atoms with Gasteiger partial charge in [-0.15, -0.1) is 24.8 Å². The molecule has 26 heavy (non-hydrogen) atoms. The summed E-state index contributed by atoms with van der Waals surface area (Å²) in [6.07, 6.45) is 5.26. The van der Waals surface area contributed by atoms with Gasteiger partial charge in [0.25, 0.3) is 0 Å². The lowest BCUT2D eigenvalue weighted by Gasteiger charge is -2.40. The fraction of sp³-hybridized carbons (Fsp3) is 0.632. The number of piperidine rings is 2. The highest BCUT2D eigenvalue weighted by atomic mass is 35.5. The lowest BCUT2D eigenvalue weighted by Crippen LogP contribution is -2.52. The Labute approximate surface area is 168 Å². The average Bonchev–Trinajstić information content (AvgIpc) is 2.61. The maximum Gasteiger partial charge on any atom is 0.227 e. The van der Waals surface area contributed by atoms with E-state index in [2.05, 4.69) is 4.90 Å². The lowest BCUT2D eigenvalue weighted by atomic mass is 9.93. The summed E-state index contributed by atoms with van der Waals surface area (Å²) in [5, 5.41) is 0. The highest BCUT2D eigenvalue weighted by Gasteiger charge is 2.33. The number of amides is 1. The van der Waals surface area contributed by atoms with Gasteiger partial charge in [-0.05, 0) is 56.3 Å². The minimum absolute atomic E-state index is 0. The van der Waals surface area contributed by atoms with Crippen LogP contribution >= 0.6 is 24.8 Å². The summed E-state index contributed by atoms with van der Waals surface area (Å²) >= 11 is 0. The van der Waals surface area contributed by atoms with Gasteiger partial charge in [-0.3, -0.25) is 9.69 Å². The molecule has 148 valence electrons. The molecule has 0 aromatic heterocycles. The molecule has 0 aliphatic carbocycles. The van der Waals surface area contributed by atoms with Crippen LogP contribution in [0.2, 0.25) is 0 Å². The molecule has 2 N–H and O–H groups in total. The second kappa shape index (κ2) is 11.1. The van der Waals surface area contributed by atoms with Gasteiger partial charge in [0, 0.05) is 32.2 Å². The summed E-state index contributed by atoms with van der Waals surface area (Å²) < 4.78 is 13.4. The van der Waals surface area contributed by atoms with Crippen LogP contribution in [0.1, 0.15) is 37.7 Å². The van der Waals surface area contributed by atoms with Crippen molar-refractivity contribution in [1.82, 2.24) is 9.80 Å². The van der Waals surface area contributed by atoms with E-state index in [9.17, 15) is 9.18 Å². The predicted octanol–water partition coefficient (Wildman–Crippen LogP) is 3.22. The molecule has 2 heterocycles. The first-order valence-corrected chi connectivity index (χ1v) is 9.14. The maximum atomic E-state index is 13.4. The Kier molecular flexibility index (Phi) is 9.86. The van der Waals surface area contributed by atoms with E-state index in [1.165, 1.54) is 12.5 Å². The third-order valence-electron chi connectivity index (χ3n) is 5.33. The van der Waals surface area contributed by atoms with Gasteiger partial charge >= 0.3 is 0 Å². The molecule has 3 rings (SSSR count). The summed E-state index contributed by atoms with van der Waals surface area (Å²) in [5.41, 5.74) is 6.84. The molecule has 2 fully saturated rings. The first-order chi connectivity index (χ1) is 11.7. The Morgan fingerprint density at radius 2 is 1.96 bits per heavy atom. The fourth-order valence-electron chi connectivity index (χ4n) is 4.06. The topological polar surface area (TPSA) is 49.6 Å². The molecule has 2 saturated heterocycles. The smallest absolute Gasteiger partial charge is 0.227 e. The zero-order valence-electron chi connectivity index (χ0n) is 15.1. The maximum absolute atomic E-state index is 13.4. The van der Waals surface area contributed by atoms with Crippen molar-refractivity contribution in [2.24, 2.45) is 11.7 Å². The molecule has 0 bridgehead atoms. The molecule has 0 saturated carbocycles. The van der Waals surface area contributed by atoms with E-state index >= 15 is 0 Å². The number of hydrogen-bond acceptors (Lipinski definition) is 3. The van der Waals surface area contributed by atoms with Crippen molar-refractivity contribution in [3.63, 3.8) is 0 Å². The monoisotopic (exact) mass is 405 g/mol. The van der Waals surface area contributed by atoms with E-state index in [0.717, 1.165) is 50.9 Å².